The summed E-state index contributed by atoms with van der Waals surface area (Å²) in [5.41, 5.74) is 7.02. The minimum atomic E-state index is -0.259. The SMILES string of the molecule is CC(O)CCCNCc1ccc(/C(N)=N/O)cc1Cl. The summed E-state index contributed by atoms with van der Waals surface area (Å²) in [5.74, 6) is 0.0401. The van der Waals surface area contributed by atoms with Crippen molar-refractivity contribution in [1.29, 1.82) is 0 Å². The highest BCUT2D eigenvalue weighted by Gasteiger charge is 2.05. The van der Waals surface area contributed by atoms with Crippen molar-refractivity contribution in [2.75, 3.05) is 6.54 Å². The lowest BCUT2D eigenvalue weighted by atomic mass is 10.1. The van der Waals surface area contributed by atoms with Gasteiger partial charge in [-0.2, -0.15) is 0 Å². The van der Waals surface area contributed by atoms with Crippen LogP contribution in [-0.2, 0) is 6.54 Å². The lowest BCUT2D eigenvalue weighted by molar-refractivity contribution is 0.181. The molecule has 1 aromatic rings. The molecule has 6 heteroatoms. The zero-order valence-electron chi connectivity index (χ0n) is 10.9. The normalized spacial score (nSPS) is 13.5. The van der Waals surface area contributed by atoms with Crippen molar-refractivity contribution in [2.24, 2.45) is 10.9 Å². The van der Waals surface area contributed by atoms with E-state index >= 15 is 0 Å². The first kappa shape index (κ1) is 15.8. The maximum atomic E-state index is 9.13. The molecule has 1 unspecified atom stereocenters. The highest BCUT2D eigenvalue weighted by atomic mass is 35.5. The number of rotatable bonds is 7. The highest BCUT2D eigenvalue weighted by Crippen LogP contribution is 2.17. The Balaban J connectivity index is 2.47. The number of hydrogen-bond acceptors (Lipinski definition) is 4. The van der Waals surface area contributed by atoms with Crippen LogP contribution < -0.4 is 11.1 Å². The number of amidine groups is 1. The Kier molecular flexibility index (Phi) is 6.62. The fraction of sp³-hybridized carbons (Fsp3) is 0.462. The van der Waals surface area contributed by atoms with E-state index in [0.29, 0.717) is 17.1 Å². The van der Waals surface area contributed by atoms with E-state index in [1.165, 1.54) is 0 Å². The number of oxime groups is 1. The molecule has 19 heavy (non-hydrogen) atoms. The monoisotopic (exact) mass is 285 g/mol. The number of benzene rings is 1. The van der Waals surface area contributed by atoms with Crippen LogP contribution in [0.1, 0.15) is 30.9 Å². The largest absolute Gasteiger partial charge is 0.409 e. The van der Waals surface area contributed by atoms with Gasteiger partial charge in [0, 0.05) is 17.1 Å². The Morgan fingerprint density at radius 3 is 2.84 bits per heavy atom. The van der Waals surface area contributed by atoms with Crippen LogP contribution in [0.5, 0.6) is 0 Å². The number of halogens is 1. The molecule has 0 aliphatic rings. The van der Waals surface area contributed by atoms with Crippen LogP contribution in [0.25, 0.3) is 0 Å². The Morgan fingerprint density at radius 2 is 2.26 bits per heavy atom. The molecule has 0 saturated carbocycles. The lowest BCUT2D eigenvalue weighted by Gasteiger charge is -2.09. The summed E-state index contributed by atoms with van der Waals surface area (Å²) in [4.78, 5) is 0. The summed E-state index contributed by atoms with van der Waals surface area (Å²) >= 11 is 6.12. The van der Waals surface area contributed by atoms with E-state index < -0.39 is 0 Å². The molecular formula is C13H20ClN3O2. The zero-order chi connectivity index (χ0) is 14.3. The minimum absolute atomic E-state index is 0.0401. The lowest BCUT2D eigenvalue weighted by Crippen LogP contribution is -2.17. The topological polar surface area (TPSA) is 90.9 Å². The Morgan fingerprint density at radius 1 is 1.53 bits per heavy atom. The van der Waals surface area contributed by atoms with Crippen LogP contribution >= 0.6 is 11.6 Å². The average molecular weight is 286 g/mol. The Labute approximate surface area is 118 Å². The molecule has 0 aliphatic carbocycles. The van der Waals surface area contributed by atoms with E-state index in [4.69, 9.17) is 27.6 Å². The van der Waals surface area contributed by atoms with Gasteiger partial charge in [-0.05, 0) is 37.9 Å². The molecule has 0 heterocycles. The predicted octanol–water partition coefficient (Wildman–Crippen LogP) is 1.69. The molecule has 5 N–H and O–H groups in total. The standard InChI is InChI=1S/C13H20ClN3O2/c1-9(18)3-2-6-16-8-11-5-4-10(7-12(11)14)13(15)17-19/h4-5,7,9,16,18-19H,2-3,6,8H2,1H3,(H2,15,17). The molecule has 1 aromatic carbocycles. The summed E-state index contributed by atoms with van der Waals surface area (Å²) < 4.78 is 0. The second-order valence-corrected chi connectivity index (χ2v) is 4.87. The summed E-state index contributed by atoms with van der Waals surface area (Å²) in [6.07, 6.45) is 1.44. The Bertz CT molecular complexity index is 436. The van der Waals surface area contributed by atoms with Crippen molar-refractivity contribution in [3.8, 4) is 0 Å². The first-order valence-electron chi connectivity index (χ1n) is 6.19. The van der Waals surface area contributed by atoms with Crippen LogP contribution in [-0.4, -0.2) is 28.8 Å². The fourth-order valence-electron chi connectivity index (χ4n) is 1.65. The first-order chi connectivity index (χ1) is 9.04. The van der Waals surface area contributed by atoms with Gasteiger partial charge in [0.1, 0.15) is 0 Å². The van der Waals surface area contributed by atoms with Gasteiger partial charge in [-0.3, -0.25) is 0 Å². The average Bonchev–Trinajstić information content (AvgIpc) is 2.38. The molecule has 0 aromatic heterocycles. The molecule has 0 spiro atoms. The van der Waals surface area contributed by atoms with Crippen molar-refractivity contribution >= 4 is 17.4 Å². The van der Waals surface area contributed by atoms with Gasteiger partial charge in [0.15, 0.2) is 5.84 Å². The van der Waals surface area contributed by atoms with Crippen LogP contribution in [0.2, 0.25) is 5.02 Å². The minimum Gasteiger partial charge on any atom is -0.409 e. The van der Waals surface area contributed by atoms with Crippen LogP contribution in [0, 0.1) is 0 Å². The van der Waals surface area contributed by atoms with Gasteiger partial charge in [-0.1, -0.05) is 28.9 Å². The number of nitrogens with zero attached hydrogens (tertiary/aromatic N) is 1. The third-order valence-electron chi connectivity index (χ3n) is 2.75. The van der Waals surface area contributed by atoms with E-state index in [2.05, 4.69) is 10.5 Å². The molecule has 0 aliphatic heterocycles. The Hall–Kier alpha value is -1.30. The third-order valence-corrected chi connectivity index (χ3v) is 3.10. The van der Waals surface area contributed by atoms with E-state index in [-0.39, 0.29) is 11.9 Å². The molecule has 1 atom stereocenters. The molecule has 0 fully saturated rings. The van der Waals surface area contributed by atoms with Gasteiger partial charge >= 0.3 is 0 Å². The molecule has 5 nitrogen and oxygen atoms in total. The second-order valence-electron chi connectivity index (χ2n) is 4.46. The van der Waals surface area contributed by atoms with Gasteiger partial charge in [0.2, 0.25) is 0 Å². The van der Waals surface area contributed by atoms with Crippen molar-refractivity contribution < 1.29 is 10.3 Å². The van der Waals surface area contributed by atoms with E-state index in [9.17, 15) is 0 Å². The first-order valence-corrected chi connectivity index (χ1v) is 6.57. The van der Waals surface area contributed by atoms with Gasteiger partial charge < -0.3 is 21.4 Å². The maximum absolute atomic E-state index is 9.13. The quantitative estimate of drug-likeness (QED) is 0.202. The summed E-state index contributed by atoms with van der Waals surface area (Å²) in [6, 6.07) is 5.27. The maximum Gasteiger partial charge on any atom is 0.170 e. The predicted molar refractivity (Wildman–Crippen MR) is 76.6 cm³/mol. The summed E-state index contributed by atoms with van der Waals surface area (Å²) in [7, 11) is 0. The van der Waals surface area contributed by atoms with E-state index in [1.807, 2.05) is 6.07 Å². The second kappa shape index (κ2) is 7.99. The molecule has 0 amide bonds. The zero-order valence-corrected chi connectivity index (χ0v) is 11.7. The summed E-state index contributed by atoms with van der Waals surface area (Å²) in [5, 5.41) is 24.5. The molecule has 0 saturated heterocycles. The highest BCUT2D eigenvalue weighted by molar-refractivity contribution is 6.31. The molecule has 0 radical (unpaired) electrons. The van der Waals surface area contributed by atoms with Gasteiger partial charge in [0.05, 0.1) is 6.10 Å². The number of aliphatic hydroxyl groups is 1. The number of hydrogen-bond donors (Lipinski definition) is 4. The van der Waals surface area contributed by atoms with E-state index in [1.54, 1.807) is 19.1 Å². The van der Waals surface area contributed by atoms with Gasteiger partial charge in [-0.25, -0.2) is 0 Å². The van der Waals surface area contributed by atoms with Crippen molar-refractivity contribution in [2.45, 2.75) is 32.4 Å². The fourth-order valence-corrected chi connectivity index (χ4v) is 1.90. The van der Waals surface area contributed by atoms with Crippen molar-refractivity contribution in [3.05, 3.63) is 34.3 Å². The molecule has 0 bridgehead atoms. The molecular weight excluding hydrogens is 266 g/mol. The number of nitrogens with one attached hydrogen (secondary N) is 1. The third kappa shape index (κ3) is 5.46. The van der Waals surface area contributed by atoms with Crippen LogP contribution in [0.3, 0.4) is 0 Å². The molecule has 1 rings (SSSR count). The van der Waals surface area contributed by atoms with Crippen molar-refractivity contribution in [3.63, 3.8) is 0 Å². The van der Waals surface area contributed by atoms with Gasteiger partial charge in [0.25, 0.3) is 0 Å². The van der Waals surface area contributed by atoms with Crippen LogP contribution in [0.4, 0.5) is 0 Å². The molecule has 106 valence electrons. The number of nitrogens with two attached hydrogens (primary N) is 1. The van der Waals surface area contributed by atoms with Crippen LogP contribution in [0.15, 0.2) is 23.4 Å². The smallest absolute Gasteiger partial charge is 0.170 e. The summed E-state index contributed by atoms with van der Waals surface area (Å²) in [6.45, 7) is 3.25. The van der Waals surface area contributed by atoms with E-state index in [0.717, 1.165) is 24.9 Å². The van der Waals surface area contributed by atoms with Gasteiger partial charge in [-0.15, -0.1) is 0 Å². The number of aliphatic hydroxyl groups excluding tert-OH is 1. The van der Waals surface area contributed by atoms with Crippen molar-refractivity contribution in [1.82, 2.24) is 5.32 Å².